The molecule has 0 atom stereocenters. The molecule has 1 fully saturated rings. The van der Waals surface area contributed by atoms with E-state index in [0.29, 0.717) is 13.1 Å². The molecule has 3 N–H and O–H groups in total. The number of aliphatic hydroxyl groups is 1. The Morgan fingerprint density at radius 2 is 2.05 bits per heavy atom. The van der Waals surface area contributed by atoms with E-state index in [-0.39, 0.29) is 6.03 Å². The van der Waals surface area contributed by atoms with Gasteiger partial charge in [0.15, 0.2) is 0 Å². The number of nitrogens with zero attached hydrogens (tertiary/aromatic N) is 2. The highest BCUT2D eigenvalue weighted by atomic mass is 16.3. The number of carbonyl (C=O) groups is 1. The van der Waals surface area contributed by atoms with E-state index in [9.17, 15) is 9.90 Å². The molecule has 0 aromatic carbocycles. The van der Waals surface area contributed by atoms with E-state index in [4.69, 9.17) is 0 Å². The molecular formula is C14H24N4O2. The maximum Gasteiger partial charge on any atom is 0.315 e. The molecule has 0 spiro atoms. The van der Waals surface area contributed by atoms with Crippen LogP contribution in [0, 0.1) is 0 Å². The SMILES string of the molecule is Cn1nccc1CNC(=O)NCC1(O)CCCCCC1. The van der Waals surface area contributed by atoms with Crippen LogP contribution in [-0.4, -0.2) is 33.1 Å². The summed E-state index contributed by atoms with van der Waals surface area (Å²) in [5.41, 5.74) is 0.203. The third-order valence-electron chi connectivity index (χ3n) is 3.96. The zero-order valence-electron chi connectivity index (χ0n) is 12.1. The Balaban J connectivity index is 1.73. The van der Waals surface area contributed by atoms with E-state index in [1.54, 1.807) is 10.9 Å². The van der Waals surface area contributed by atoms with Crippen molar-refractivity contribution in [2.45, 2.75) is 50.7 Å². The van der Waals surface area contributed by atoms with Gasteiger partial charge in [-0.1, -0.05) is 25.7 Å². The largest absolute Gasteiger partial charge is 0.388 e. The first-order valence-corrected chi connectivity index (χ1v) is 7.30. The van der Waals surface area contributed by atoms with Crippen LogP contribution in [0.1, 0.15) is 44.2 Å². The van der Waals surface area contributed by atoms with Gasteiger partial charge in [-0.2, -0.15) is 5.10 Å². The van der Waals surface area contributed by atoms with Gasteiger partial charge in [0.05, 0.1) is 17.8 Å². The summed E-state index contributed by atoms with van der Waals surface area (Å²) in [4.78, 5) is 11.8. The summed E-state index contributed by atoms with van der Waals surface area (Å²) in [6, 6.07) is 1.61. The van der Waals surface area contributed by atoms with Gasteiger partial charge < -0.3 is 15.7 Å². The Kier molecular flexibility index (Phi) is 5.00. The number of nitrogens with one attached hydrogen (secondary N) is 2. The lowest BCUT2D eigenvalue weighted by atomic mass is 9.95. The maximum atomic E-state index is 11.8. The molecule has 0 aliphatic heterocycles. The van der Waals surface area contributed by atoms with Gasteiger partial charge in [-0.3, -0.25) is 4.68 Å². The average Bonchev–Trinajstić information content (AvgIpc) is 2.70. The molecule has 112 valence electrons. The fraction of sp³-hybridized carbons (Fsp3) is 0.714. The van der Waals surface area contributed by atoms with Crippen LogP contribution >= 0.6 is 0 Å². The van der Waals surface area contributed by atoms with Crippen molar-refractivity contribution in [2.75, 3.05) is 6.54 Å². The minimum Gasteiger partial charge on any atom is -0.388 e. The Morgan fingerprint density at radius 3 is 2.65 bits per heavy atom. The third-order valence-corrected chi connectivity index (χ3v) is 3.96. The van der Waals surface area contributed by atoms with Crippen LogP contribution in [0.15, 0.2) is 12.3 Å². The molecule has 6 heteroatoms. The van der Waals surface area contributed by atoms with Crippen molar-refractivity contribution in [3.05, 3.63) is 18.0 Å². The number of rotatable bonds is 4. The summed E-state index contributed by atoms with van der Waals surface area (Å²) >= 11 is 0. The van der Waals surface area contributed by atoms with Crippen molar-refractivity contribution in [1.29, 1.82) is 0 Å². The molecule has 2 amide bonds. The van der Waals surface area contributed by atoms with Gasteiger partial charge in [0, 0.05) is 19.8 Å². The number of amides is 2. The van der Waals surface area contributed by atoms with Crippen molar-refractivity contribution in [1.82, 2.24) is 20.4 Å². The predicted molar refractivity (Wildman–Crippen MR) is 76.1 cm³/mol. The van der Waals surface area contributed by atoms with Crippen molar-refractivity contribution in [3.63, 3.8) is 0 Å². The van der Waals surface area contributed by atoms with Gasteiger partial charge in [-0.05, 0) is 18.9 Å². The van der Waals surface area contributed by atoms with Crippen LogP contribution < -0.4 is 10.6 Å². The predicted octanol–water partition coefficient (Wildman–Crippen LogP) is 1.30. The molecule has 0 bridgehead atoms. The topological polar surface area (TPSA) is 79.2 Å². The molecule has 1 aromatic rings. The number of hydrogen-bond donors (Lipinski definition) is 3. The summed E-state index contributed by atoms with van der Waals surface area (Å²) in [5.74, 6) is 0. The molecule has 1 saturated carbocycles. The maximum absolute atomic E-state index is 11.8. The van der Waals surface area contributed by atoms with Crippen LogP contribution in [0.5, 0.6) is 0 Å². The van der Waals surface area contributed by atoms with Crippen molar-refractivity contribution in [2.24, 2.45) is 7.05 Å². The standard InChI is InChI=1S/C14H24N4O2/c1-18-12(6-9-17-18)10-15-13(19)16-11-14(20)7-4-2-3-5-8-14/h6,9,20H,2-5,7-8,10-11H2,1H3,(H2,15,16,19). The van der Waals surface area contributed by atoms with E-state index in [1.165, 1.54) is 12.8 Å². The minimum atomic E-state index is -0.736. The van der Waals surface area contributed by atoms with Crippen LogP contribution in [0.2, 0.25) is 0 Å². The van der Waals surface area contributed by atoms with Crippen LogP contribution in [-0.2, 0) is 13.6 Å². The zero-order valence-corrected chi connectivity index (χ0v) is 12.1. The van der Waals surface area contributed by atoms with E-state index < -0.39 is 5.60 Å². The first-order chi connectivity index (χ1) is 9.59. The lowest BCUT2D eigenvalue weighted by Crippen LogP contribution is -2.46. The highest BCUT2D eigenvalue weighted by Crippen LogP contribution is 2.26. The van der Waals surface area contributed by atoms with Gasteiger partial charge in [0.1, 0.15) is 0 Å². The van der Waals surface area contributed by atoms with Crippen molar-refractivity contribution < 1.29 is 9.90 Å². The van der Waals surface area contributed by atoms with E-state index >= 15 is 0 Å². The lowest BCUT2D eigenvalue weighted by molar-refractivity contribution is 0.0276. The average molecular weight is 280 g/mol. The second kappa shape index (κ2) is 6.74. The molecule has 6 nitrogen and oxygen atoms in total. The van der Waals surface area contributed by atoms with Crippen LogP contribution in [0.3, 0.4) is 0 Å². The molecule has 1 aliphatic rings. The first kappa shape index (κ1) is 14.8. The summed E-state index contributed by atoms with van der Waals surface area (Å²) in [5, 5.41) is 20.0. The van der Waals surface area contributed by atoms with E-state index in [1.807, 2.05) is 13.1 Å². The molecule has 1 heterocycles. The number of aromatic nitrogens is 2. The Hall–Kier alpha value is -1.56. The van der Waals surface area contributed by atoms with Crippen molar-refractivity contribution in [3.8, 4) is 0 Å². The first-order valence-electron chi connectivity index (χ1n) is 7.30. The lowest BCUT2D eigenvalue weighted by Gasteiger charge is -2.26. The fourth-order valence-electron chi connectivity index (χ4n) is 2.62. The Morgan fingerprint density at radius 1 is 1.35 bits per heavy atom. The second-order valence-corrected chi connectivity index (χ2v) is 5.62. The molecule has 0 radical (unpaired) electrons. The number of urea groups is 1. The van der Waals surface area contributed by atoms with E-state index in [0.717, 1.165) is 31.4 Å². The molecular weight excluding hydrogens is 256 g/mol. The monoisotopic (exact) mass is 280 g/mol. The zero-order chi connectivity index (χ0) is 14.4. The highest BCUT2D eigenvalue weighted by Gasteiger charge is 2.28. The minimum absolute atomic E-state index is 0.246. The number of hydrogen-bond acceptors (Lipinski definition) is 3. The summed E-state index contributed by atoms with van der Waals surface area (Å²) in [6.07, 6.45) is 7.67. The van der Waals surface area contributed by atoms with Crippen LogP contribution in [0.4, 0.5) is 4.79 Å². The third kappa shape index (κ3) is 4.23. The molecule has 0 unspecified atom stereocenters. The second-order valence-electron chi connectivity index (χ2n) is 5.62. The molecule has 1 aliphatic carbocycles. The molecule has 0 saturated heterocycles. The van der Waals surface area contributed by atoms with E-state index in [2.05, 4.69) is 15.7 Å². The molecule has 20 heavy (non-hydrogen) atoms. The number of carbonyl (C=O) groups excluding carboxylic acids is 1. The van der Waals surface area contributed by atoms with Crippen LogP contribution in [0.25, 0.3) is 0 Å². The van der Waals surface area contributed by atoms with Crippen molar-refractivity contribution >= 4 is 6.03 Å². The summed E-state index contributed by atoms with van der Waals surface area (Å²) in [6.45, 7) is 0.755. The highest BCUT2D eigenvalue weighted by molar-refractivity contribution is 5.73. The Bertz CT molecular complexity index is 436. The van der Waals surface area contributed by atoms with Gasteiger partial charge in [-0.25, -0.2) is 4.79 Å². The summed E-state index contributed by atoms with van der Waals surface area (Å²) < 4.78 is 1.72. The smallest absolute Gasteiger partial charge is 0.315 e. The fourth-order valence-corrected chi connectivity index (χ4v) is 2.62. The Labute approximate surface area is 119 Å². The number of aryl methyl sites for hydroxylation is 1. The normalized spacial score (nSPS) is 18.3. The quantitative estimate of drug-likeness (QED) is 0.727. The summed E-state index contributed by atoms with van der Waals surface area (Å²) in [7, 11) is 1.84. The molecule has 2 rings (SSSR count). The van der Waals surface area contributed by atoms with Gasteiger partial charge in [0.25, 0.3) is 0 Å². The van der Waals surface area contributed by atoms with Gasteiger partial charge in [-0.15, -0.1) is 0 Å². The van der Waals surface area contributed by atoms with Gasteiger partial charge >= 0.3 is 6.03 Å². The molecule has 1 aromatic heterocycles. The van der Waals surface area contributed by atoms with Gasteiger partial charge in [0.2, 0.25) is 0 Å².